The highest BCUT2D eigenvalue weighted by Crippen LogP contribution is 2.32. The highest BCUT2D eigenvalue weighted by molar-refractivity contribution is 5.81. The lowest BCUT2D eigenvalue weighted by Gasteiger charge is -2.25. The smallest absolute Gasteiger partial charge is 0.342 e. The number of aromatic hydroxyl groups is 1. The van der Waals surface area contributed by atoms with Crippen LogP contribution in [-0.4, -0.2) is 25.3 Å². The van der Waals surface area contributed by atoms with Gasteiger partial charge in [0, 0.05) is 12.7 Å². The van der Waals surface area contributed by atoms with Gasteiger partial charge in [0.05, 0.1) is 7.11 Å². The Balaban J connectivity index is 3.23. The molecule has 15 heavy (non-hydrogen) atoms. The van der Waals surface area contributed by atoms with Gasteiger partial charge in [0.15, 0.2) is 5.60 Å². The number of hydrogen-bond acceptors (Lipinski definition) is 4. The fourth-order valence-corrected chi connectivity index (χ4v) is 1.38. The molecular formula is C11H14O4. The van der Waals surface area contributed by atoms with E-state index in [1.54, 1.807) is 25.1 Å². The summed E-state index contributed by atoms with van der Waals surface area (Å²) in [5.41, 5.74) is -0.889. The summed E-state index contributed by atoms with van der Waals surface area (Å²) in [5.74, 6) is -0.543. The quantitative estimate of drug-likeness (QED) is 0.767. The molecule has 0 aliphatic heterocycles. The van der Waals surface area contributed by atoms with Crippen LogP contribution in [0.4, 0.5) is 0 Å². The first kappa shape index (κ1) is 11.5. The lowest BCUT2D eigenvalue weighted by atomic mass is 9.95. The number of phenols is 1. The maximum absolute atomic E-state index is 11.6. The van der Waals surface area contributed by atoms with E-state index in [-0.39, 0.29) is 5.75 Å². The standard InChI is InChI=1S/C11H14O4/c1-11(15-3,10(13)14-2)8-6-4-5-7-9(8)12/h4-7,12H,1-3H3. The molecule has 1 atom stereocenters. The molecule has 4 heteroatoms. The Morgan fingerprint density at radius 1 is 1.33 bits per heavy atom. The average Bonchev–Trinajstić information content (AvgIpc) is 2.27. The predicted octanol–water partition coefficient (Wildman–Crippen LogP) is 1.43. The van der Waals surface area contributed by atoms with E-state index < -0.39 is 11.6 Å². The van der Waals surface area contributed by atoms with Gasteiger partial charge in [-0.15, -0.1) is 0 Å². The van der Waals surface area contributed by atoms with Crippen LogP contribution in [0.3, 0.4) is 0 Å². The number of rotatable bonds is 3. The van der Waals surface area contributed by atoms with Crippen molar-refractivity contribution in [2.75, 3.05) is 14.2 Å². The zero-order valence-electron chi connectivity index (χ0n) is 8.98. The number of methoxy groups -OCH3 is 2. The molecule has 0 radical (unpaired) electrons. The first-order valence-electron chi connectivity index (χ1n) is 4.48. The molecule has 0 saturated heterocycles. The predicted molar refractivity (Wildman–Crippen MR) is 54.5 cm³/mol. The SMILES string of the molecule is COC(=O)C(C)(OC)c1ccccc1O. The van der Waals surface area contributed by atoms with Crippen molar-refractivity contribution >= 4 is 5.97 Å². The van der Waals surface area contributed by atoms with Crippen molar-refractivity contribution in [1.29, 1.82) is 0 Å². The summed E-state index contributed by atoms with van der Waals surface area (Å²) in [6.45, 7) is 1.55. The molecule has 1 N–H and O–H groups in total. The second-order valence-corrected chi connectivity index (χ2v) is 3.25. The number of hydrogen-bond donors (Lipinski definition) is 1. The average molecular weight is 210 g/mol. The molecule has 0 fully saturated rings. The fraction of sp³-hybridized carbons (Fsp3) is 0.364. The molecule has 0 amide bonds. The molecule has 82 valence electrons. The summed E-state index contributed by atoms with van der Waals surface area (Å²) in [5, 5.41) is 9.63. The van der Waals surface area contributed by atoms with Crippen LogP contribution in [0.5, 0.6) is 5.75 Å². The third-order valence-electron chi connectivity index (χ3n) is 2.40. The molecule has 0 bridgehead atoms. The molecule has 0 aliphatic carbocycles. The van der Waals surface area contributed by atoms with Gasteiger partial charge in [-0.1, -0.05) is 18.2 Å². The molecular weight excluding hydrogens is 196 g/mol. The van der Waals surface area contributed by atoms with Gasteiger partial charge in [-0.2, -0.15) is 0 Å². The third kappa shape index (κ3) is 1.94. The maximum atomic E-state index is 11.6. The Bertz CT molecular complexity index is 361. The van der Waals surface area contributed by atoms with Crippen LogP contribution in [0.15, 0.2) is 24.3 Å². The van der Waals surface area contributed by atoms with Crippen LogP contribution in [0.1, 0.15) is 12.5 Å². The lowest BCUT2D eigenvalue weighted by molar-refractivity contribution is -0.165. The normalized spacial score (nSPS) is 14.3. The van der Waals surface area contributed by atoms with Crippen molar-refractivity contribution in [3.63, 3.8) is 0 Å². The van der Waals surface area contributed by atoms with Crippen molar-refractivity contribution < 1.29 is 19.4 Å². The Labute approximate surface area is 88.4 Å². The molecule has 0 heterocycles. The molecule has 1 rings (SSSR count). The zero-order chi connectivity index (χ0) is 11.5. The Hall–Kier alpha value is -1.55. The van der Waals surface area contributed by atoms with Crippen LogP contribution >= 0.6 is 0 Å². The summed E-state index contributed by atoms with van der Waals surface area (Å²) < 4.78 is 9.76. The van der Waals surface area contributed by atoms with Crippen molar-refractivity contribution in [3.8, 4) is 5.75 Å². The van der Waals surface area contributed by atoms with Gasteiger partial charge in [-0.3, -0.25) is 0 Å². The van der Waals surface area contributed by atoms with E-state index in [1.807, 2.05) is 0 Å². The Morgan fingerprint density at radius 2 is 1.93 bits per heavy atom. The number of carbonyl (C=O) groups excluding carboxylic acids is 1. The van der Waals surface area contributed by atoms with Crippen LogP contribution in [0.2, 0.25) is 0 Å². The minimum absolute atomic E-state index is 0.00671. The molecule has 0 spiro atoms. The van der Waals surface area contributed by atoms with Gasteiger partial charge in [0.2, 0.25) is 0 Å². The third-order valence-corrected chi connectivity index (χ3v) is 2.40. The Morgan fingerprint density at radius 3 is 2.40 bits per heavy atom. The number of benzene rings is 1. The molecule has 1 aromatic carbocycles. The minimum atomic E-state index is -1.28. The summed E-state index contributed by atoms with van der Waals surface area (Å²) in [6, 6.07) is 6.51. The maximum Gasteiger partial charge on any atom is 0.342 e. The largest absolute Gasteiger partial charge is 0.508 e. The molecule has 0 aromatic heterocycles. The van der Waals surface area contributed by atoms with Crippen molar-refractivity contribution in [1.82, 2.24) is 0 Å². The van der Waals surface area contributed by atoms with E-state index in [2.05, 4.69) is 4.74 Å². The van der Waals surface area contributed by atoms with E-state index >= 15 is 0 Å². The molecule has 0 aliphatic rings. The monoisotopic (exact) mass is 210 g/mol. The highest BCUT2D eigenvalue weighted by Gasteiger charge is 2.38. The number of esters is 1. The number of phenolic OH excluding ortho intramolecular Hbond substituents is 1. The molecule has 4 nitrogen and oxygen atoms in total. The van der Waals surface area contributed by atoms with Gasteiger partial charge >= 0.3 is 5.97 Å². The number of ether oxygens (including phenoxy) is 2. The highest BCUT2D eigenvalue weighted by atomic mass is 16.6. The van der Waals surface area contributed by atoms with Gasteiger partial charge in [0.25, 0.3) is 0 Å². The summed E-state index contributed by atoms with van der Waals surface area (Å²) in [6.07, 6.45) is 0. The Kier molecular flexibility index (Phi) is 3.31. The molecule has 1 unspecified atom stereocenters. The molecule has 1 aromatic rings. The topological polar surface area (TPSA) is 55.8 Å². The number of carbonyl (C=O) groups is 1. The van der Waals surface area contributed by atoms with Crippen molar-refractivity contribution in [3.05, 3.63) is 29.8 Å². The van der Waals surface area contributed by atoms with Gasteiger partial charge in [-0.25, -0.2) is 4.79 Å². The summed E-state index contributed by atoms with van der Waals surface area (Å²) >= 11 is 0. The van der Waals surface area contributed by atoms with Crippen LogP contribution < -0.4 is 0 Å². The van der Waals surface area contributed by atoms with E-state index in [0.717, 1.165) is 0 Å². The zero-order valence-corrected chi connectivity index (χ0v) is 8.98. The lowest BCUT2D eigenvalue weighted by Crippen LogP contribution is -2.35. The fourth-order valence-electron chi connectivity index (χ4n) is 1.38. The van der Waals surface area contributed by atoms with E-state index in [4.69, 9.17) is 4.74 Å². The van der Waals surface area contributed by atoms with Crippen LogP contribution in [0.25, 0.3) is 0 Å². The summed E-state index contributed by atoms with van der Waals surface area (Å²) in [7, 11) is 2.67. The van der Waals surface area contributed by atoms with E-state index in [1.165, 1.54) is 20.3 Å². The van der Waals surface area contributed by atoms with Crippen LogP contribution in [0, 0.1) is 0 Å². The minimum Gasteiger partial charge on any atom is -0.508 e. The molecule has 0 saturated carbocycles. The first-order chi connectivity index (χ1) is 7.06. The van der Waals surface area contributed by atoms with E-state index in [0.29, 0.717) is 5.56 Å². The van der Waals surface area contributed by atoms with Crippen molar-refractivity contribution in [2.24, 2.45) is 0 Å². The number of para-hydroxylation sites is 1. The van der Waals surface area contributed by atoms with Gasteiger partial charge < -0.3 is 14.6 Å². The van der Waals surface area contributed by atoms with Gasteiger partial charge in [0.1, 0.15) is 5.75 Å². The summed E-state index contributed by atoms with van der Waals surface area (Å²) in [4.78, 5) is 11.6. The second-order valence-electron chi connectivity index (χ2n) is 3.25. The van der Waals surface area contributed by atoms with Crippen molar-refractivity contribution in [2.45, 2.75) is 12.5 Å². The van der Waals surface area contributed by atoms with Gasteiger partial charge in [-0.05, 0) is 13.0 Å². The van der Waals surface area contributed by atoms with E-state index in [9.17, 15) is 9.90 Å². The van der Waals surface area contributed by atoms with Crippen LogP contribution in [-0.2, 0) is 19.9 Å². The first-order valence-corrected chi connectivity index (χ1v) is 4.48. The second kappa shape index (κ2) is 4.31.